The Labute approximate surface area is 140 Å². The van der Waals surface area contributed by atoms with Crippen molar-refractivity contribution < 1.29 is 14.3 Å². The zero-order chi connectivity index (χ0) is 17.0. The predicted octanol–water partition coefficient (Wildman–Crippen LogP) is 1.70. The molecule has 1 atom stereocenters. The van der Waals surface area contributed by atoms with Gasteiger partial charge in [-0.25, -0.2) is 9.78 Å². The molecule has 7 nitrogen and oxygen atoms in total. The molecule has 0 spiro atoms. The van der Waals surface area contributed by atoms with Gasteiger partial charge in [0, 0.05) is 37.8 Å². The van der Waals surface area contributed by atoms with E-state index in [9.17, 15) is 9.59 Å². The van der Waals surface area contributed by atoms with Crippen LogP contribution in [-0.2, 0) is 9.53 Å². The van der Waals surface area contributed by atoms with E-state index >= 15 is 0 Å². The fraction of sp³-hybridized carbons (Fsp3) is 0.667. The maximum atomic E-state index is 12.4. The molecule has 1 N–H and O–H groups in total. The molecule has 2 rings (SSSR count). The van der Waals surface area contributed by atoms with Gasteiger partial charge in [-0.3, -0.25) is 4.79 Å². The van der Waals surface area contributed by atoms with Crippen LogP contribution in [0.2, 0.25) is 0 Å². The highest BCUT2D eigenvalue weighted by Crippen LogP contribution is 2.19. The van der Waals surface area contributed by atoms with Gasteiger partial charge in [-0.15, -0.1) is 11.3 Å². The molecule has 128 valence electrons. The number of nitrogens with zero attached hydrogens (tertiary/aromatic N) is 3. The van der Waals surface area contributed by atoms with Gasteiger partial charge in [-0.1, -0.05) is 0 Å². The van der Waals surface area contributed by atoms with E-state index in [1.54, 1.807) is 50.1 Å². The van der Waals surface area contributed by atoms with Gasteiger partial charge in [0.2, 0.25) is 5.91 Å². The van der Waals surface area contributed by atoms with Gasteiger partial charge in [0.05, 0.1) is 0 Å². The number of anilines is 1. The van der Waals surface area contributed by atoms with E-state index < -0.39 is 17.7 Å². The molecule has 0 aliphatic carbocycles. The van der Waals surface area contributed by atoms with Gasteiger partial charge in [0.15, 0.2) is 5.13 Å². The number of nitrogens with one attached hydrogen (secondary N) is 1. The zero-order valence-electron chi connectivity index (χ0n) is 14.0. The summed E-state index contributed by atoms with van der Waals surface area (Å²) in [5.41, 5.74) is -0.577. The quantitative estimate of drug-likeness (QED) is 0.906. The molecule has 1 aliphatic heterocycles. The standard InChI is InChI=1S/C15H24N4O3S/c1-11(17-14(21)22-15(2,3)4)12(20)18-6-8-19(9-7-18)13-16-5-10-23-13/h5,10-11H,6-9H2,1-4H3,(H,17,21). The van der Waals surface area contributed by atoms with Crippen molar-refractivity contribution in [3.8, 4) is 0 Å². The van der Waals surface area contributed by atoms with Crippen LogP contribution in [0.5, 0.6) is 0 Å². The monoisotopic (exact) mass is 340 g/mol. The lowest BCUT2D eigenvalue weighted by atomic mass is 10.2. The van der Waals surface area contributed by atoms with Crippen molar-refractivity contribution in [1.82, 2.24) is 15.2 Å². The number of rotatable bonds is 3. The highest BCUT2D eigenvalue weighted by Gasteiger charge is 2.27. The van der Waals surface area contributed by atoms with E-state index in [-0.39, 0.29) is 5.91 Å². The van der Waals surface area contributed by atoms with E-state index in [0.29, 0.717) is 13.1 Å². The van der Waals surface area contributed by atoms with Crippen LogP contribution >= 0.6 is 11.3 Å². The van der Waals surface area contributed by atoms with Crippen LogP contribution in [-0.4, -0.2) is 59.7 Å². The van der Waals surface area contributed by atoms with Crippen molar-refractivity contribution in [2.45, 2.75) is 39.3 Å². The molecule has 1 aromatic rings. The molecule has 0 aromatic carbocycles. The molecule has 1 aliphatic rings. The fourth-order valence-corrected chi connectivity index (χ4v) is 3.01. The summed E-state index contributed by atoms with van der Waals surface area (Å²) in [6.07, 6.45) is 1.21. The number of amides is 2. The Balaban J connectivity index is 1.81. The Kier molecular flexibility index (Phi) is 5.46. The van der Waals surface area contributed by atoms with Crippen LogP contribution in [0.3, 0.4) is 0 Å². The van der Waals surface area contributed by atoms with Crippen LogP contribution in [0.1, 0.15) is 27.7 Å². The molecule has 0 bridgehead atoms. The first-order valence-electron chi connectivity index (χ1n) is 7.69. The fourth-order valence-electron chi connectivity index (χ4n) is 2.31. The maximum absolute atomic E-state index is 12.4. The Morgan fingerprint density at radius 2 is 1.96 bits per heavy atom. The second-order valence-corrected chi connectivity index (χ2v) is 7.37. The number of piperazine rings is 1. The minimum Gasteiger partial charge on any atom is -0.444 e. The second-order valence-electron chi connectivity index (χ2n) is 6.49. The van der Waals surface area contributed by atoms with Gasteiger partial charge in [0.25, 0.3) is 0 Å². The number of carbonyl (C=O) groups excluding carboxylic acids is 2. The van der Waals surface area contributed by atoms with E-state index in [1.807, 2.05) is 5.38 Å². The van der Waals surface area contributed by atoms with Gasteiger partial charge in [0.1, 0.15) is 11.6 Å². The lowest BCUT2D eigenvalue weighted by Crippen LogP contribution is -2.54. The molecule has 1 unspecified atom stereocenters. The molecule has 2 amide bonds. The van der Waals surface area contributed by atoms with Gasteiger partial charge in [-0.05, 0) is 27.7 Å². The predicted molar refractivity (Wildman–Crippen MR) is 89.7 cm³/mol. The number of carbonyl (C=O) groups is 2. The van der Waals surface area contributed by atoms with Crippen LogP contribution in [0.25, 0.3) is 0 Å². The van der Waals surface area contributed by atoms with Crippen molar-refractivity contribution in [1.29, 1.82) is 0 Å². The van der Waals surface area contributed by atoms with Crippen LogP contribution in [0.15, 0.2) is 11.6 Å². The molecule has 1 fully saturated rings. The molecular weight excluding hydrogens is 316 g/mol. The molecule has 1 saturated heterocycles. The summed E-state index contributed by atoms with van der Waals surface area (Å²) in [6, 6.07) is -0.601. The van der Waals surface area contributed by atoms with Crippen LogP contribution < -0.4 is 10.2 Å². The molecule has 8 heteroatoms. The molecule has 0 radical (unpaired) electrons. The third kappa shape index (κ3) is 5.09. The third-order valence-electron chi connectivity index (χ3n) is 3.38. The maximum Gasteiger partial charge on any atom is 0.408 e. The topological polar surface area (TPSA) is 74.8 Å². The van der Waals surface area contributed by atoms with Crippen LogP contribution in [0, 0.1) is 0 Å². The number of thiazole rings is 1. The third-order valence-corrected chi connectivity index (χ3v) is 4.22. The number of alkyl carbamates (subject to hydrolysis) is 1. The van der Waals surface area contributed by atoms with Crippen LogP contribution in [0.4, 0.5) is 9.93 Å². The van der Waals surface area contributed by atoms with Crippen molar-refractivity contribution in [2.75, 3.05) is 31.1 Å². The average molecular weight is 340 g/mol. The number of ether oxygens (including phenoxy) is 1. The van der Waals surface area contributed by atoms with E-state index in [2.05, 4.69) is 15.2 Å². The number of hydrogen-bond acceptors (Lipinski definition) is 6. The SMILES string of the molecule is CC(NC(=O)OC(C)(C)C)C(=O)N1CCN(c2nccs2)CC1. The number of hydrogen-bond donors (Lipinski definition) is 1. The van der Waals surface area contributed by atoms with E-state index in [1.165, 1.54) is 0 Å². The van der Waals surface area contributed by atoms with Crippen molar-refractivity contribution in [3.05, 3.63) is 11.6 Å². The zero-order valence-corrected chi connectivity index (χ0v) is 14.9. The highest BCUT2D eigenvalue weighted by molar-refractivity contribution is 7.13. The van der Waals surface area contributed by atoms with Gasteiger partial charge in [-0.2, -0.15) is 0 Å². The number of aromatic nitrogens is 1. The average Bonchev–Trinajstić information content (AvgIpc) is 2.98. The summed E-state index contributed by atoms with van der Waals surface area (Å²) in [5.74, 6) is -0.0883. The van der Waals surface area contributed by atoms with E-state index in [0.717, 1.165) is 18.2 Å². The summed E-state index contributed by atoms with van der Waals surface area (Å²) < 4.78 is 5.18. The van der Waals surface area contributed by atoms with Gasteiger partial charge >= 0.3 is 6.09 Å². The summed E-state index contributed by atoms with van der Waals surface area (Å²) in [7, 11) is 0. The largest absolute Gasteiger partial charge is 0.444 e. The first kappa shape index (κ1) is 17.5. The molecule has 0 saturated carbocycles. The minimum absolute atomic E-state index is 0.0883. The first-order valence-corrected chi connectivity index (χ1v) is 8.57. The van der Waals surface area contributed by atoms with E-state index in [4.69, 9.17) is 4.74 Å². The lowest BCUT2D eigenvalue weighted by molar-refractivity contribution is -0.133. The lowest BCUT2D eigenvalue weighted by Gasteiger charge is -2.35. The van der Waals surface area contributed by atoms with Gasteiger partial charge < -0.3 is 19.9 Å². The molecule has 1 aromatic heterocycles. The van der Waals surface area contributed by atoms with Crippen molar-refractivity contribution in [3.63, 3.8) is 0 Å². The molecular formula is C15H24N4O3S. The normalized spacial score (nSPS) is 16.9. The highest BCUT2D eigenvalue weighted by atomic mass is 32.1. The Morgan fingerprint density at radius 1 is 1.30 bits per heavy atom. The summed E-state index contributed by atoms with van der Waals surface area (Å²) in [6.45, 7) is 9.79. The first-order chi connectivity index (χ1) is 10.8. The Morgan fingerprint density at radius 3 is 2.48 bits per heavy atom. The Bertz CT molecular complexity index is 533. The molecule has 23 heavy (non-hydrogen) atoms. The Hall–Kier alpha value is -1.83. The smallest absolute Gasteiger partial charge is 0.408 e. The minimum atomic E-state index is -0.601. The second kappa shape index (κ2) is 7.16. The van der Waals surface area contributed by atoms with Crippen molar-refractivity contribution in [2.24, 2.45) is 0 Å². The molecule has 2 heterocycles. The summed E-state index contributed by atoms with van der Waals surface area (Å²) >= 11 is 1.60. The van der Waals surface area contributed by atoms with Crippen molar-refractivity contribution >= 4 is 28.5 Å². The summed E-state index contributed by atoms with van der Waals surface area (Å²) in [4.78, 5) is 32.4. The summed E-state index contributed by atoms with van der Waals surface area (Å²) in [5, 5.41) is 5.52.